The molecule has 2 aromatic heterocycles. The number of aromatic nitrogens is 3. The maximum absolute atomic E-state index is 13.2. The number of hydrogen-bond acceptors (Lipinski definition) is 7. The van der Waals surface area contributed by atoms with Crippen LogP contribution in [0.25, 0.3) is 0 Å². The van der Waals surface area contributed by atoms with Crippen molar-refractivity contribution in [2.45, 2.75) is 51.0 Å². The molecule has 216 valence electrons. The topological polar surface area (TPSA) is 139 Å². The predicted octanol–water partition coefficient (Wildman–Crippen LogP) is 0.249. The molecule has 0 saturated heterocycles. The van der Waals surface area contributed by atoms with Crippen molar-refractivity contribution in [3.05, 3.63) is 47.0 Å². The lowest BCUT2D eigenvalue weighted by Crippen LogP contribution is -2.47. The molecule has 0 aromatic carbocycles. The molecule has 2 bridgehead atoms. The van der Waals surface area contributed by atoms with E-state index in [0.29, 0.717) is 64.2 Å². The van der Waals surface area contributed by atoms with Gasteiger partial charge in [-0.25, -0.2) is 0 Å². The molecule has 0 spiro atoms. The highest BCUT2D eigenvalue weighted by atomic mass is 16.5. The number of rotatable bonds is 5. The zero-order chi connectivity index (χ0) is 28.5. The van der Waals surface area contributed by atoms with E-state index in [-0.39, 0.29) is 49.1 Å². The van der Waals surface area contributed by atoms with Crippen molar-refractivity contribution in [2.24, 2.45) is 7.05 Å². The monoisotopic (exact) mass is 553 g/mol. The van der Waals surface area contributed by atoms with Gasteiger partial charge in [0.05, 0.1) is 19.6 Å². The smallest absolute Gasteiger partial charge is 0.272 e. The van der Waals surface area contributed by atoms with Crippen LogP contribution in [0.3, 0.4) is 0 Å². The van der Waals surface area contributed by atoms with Gasteiger partial charge in [0.25, 0.3) is 5.91 Å². The minimum Gasteiger partial charge on any atom is -0.383 e. The first kappa shape index (κ1) is 29.2. The maximum atomic E-state index is 13.2. The van der Waals surface area contributed by atoms with Gasteiger partial charge >= 0.3 is 0 Å². The summed E-state index contributed by atoms with van der Waals surface area (Å²) in [7, 11) is 3.38. The molecular formula is C28H39N7O5. The Hall–Kier alpha value is -3.80. The number of carbonyl (C=O) groups excluding carboxylic acids is 4. The molecule has 0 radical (unpaired) electrons. The molecule has 4 amide bonds. The summed E-state index contributed by atoms with van der Waals surface area (Å²) in [5, 5.41) is 10.5. The zero-order valence-electron chi connectivity index (χ0n) is 23.4. The predicted molar refractivity (Wildman–Crippen MR) is 146 cm³/mol. The third kappa shape index (κ3) is 7.65. The molecule has 40 heavy (non-hydrogen) atoms. The normalized spacial score (nSPS) is 19.4. The fraction of sp³-hybridized carbons (Fsp3) is 0.571. The summed E-state index contributed by atoms with van der Waals surface area (Å²) in [5.74, 6) is -0.723. The van der Waals surface area contributed by atoms with Gasteiger partial charge in [-0.3, -0.25) is 28.8 Å². The number of pyridine rings is 1. The molecular weight excluding hydrogens is 514 g/mol. The van der Waals surface area contributed by atoms with E-state index < -0.39 is 0 Å². The number of hydrogen-bond donors (Lipinski definition) is 2. The number of amides is 4. The Kier molecular flexibility index (Phi) is 10.2. The Morgan fingerprint density at radius 2 is 2.00 bits per heavy atom. The van der Waals surface area contributed by atoms with Crippen LogP contribution in [0.1, 0.15) is 53.0 Å². The fourth-order valence-corrected chi connectivity index (χ4v) is 5.32. The molecule has 2 aliphatic rings. The van der Waals surface area contributed by atoms with Gasteiger partial charge in [0, 0.05) is 76.5 Å². The van der Waals surface area contributed by atoms with Crippen molar-refractivity contribution in [3.63, 3.8) is 0 Å². The molecule has 4 rings (SSSR count). The van der Waals surface area contributed by atoms with Crippen LogP contribution in [0.15, 0.2) is 24.5 Å². The van der Waals surface area contributed by atoms with E-state index >= 15 is 0 Å². The van der Waals surface area contributed by atoms with Gasteiger partial charge in [-0.1, -0.05) is 6.07 Å². The maximum Gasteiger partial charge on any atom is 0.272 e. The van der Waals surface area contributed by atoms with E-state index in [4.69, 9.17) is 4.74 Å². The quantitative estimate of drug-likeness (QED) is 0.541. The summed E-state index contributed by atoms with van der Waals surface area (Å²) >= 11 is 0. The van der Waals surface area contributed by atoms with Gasteiger partial charge in [0.1, 0.15) is 0 Å². The SMILES string of the molecule is COCCN1CC(=O)NC2CCc3c(c(nn3C)C(=O)NCCCN(C(=O)Cc3cccnc3)CCCC1=O)C2. The van der Waals surface area contributed by atoms with E-state index in [0.717, 1.165) is 23.2 Å². The Bertz CT molecular complexity index is 1200. The van der Waals surface area contributed by atoms with Crippen molar-refractivity contribution in [1.29, 1.82) is 0 Å². The fourth-order valence-electron chi connectivity index (χ4n) is 5.32. The first-order valence-corrected chi connectivity index (χ1v) is 13.9. The van der Waals surface area contributed by atoms with E-state index in [1.165, 1.54) is 4.90 Å². The number of aryl methyl sites for hydroxylation is 1. The van der Waals surface area contributed by atoms with E-state index in [2.05, 4.69) is 20.7 Å². The second-order valence-electron chi connectivity index (χ2n) is 10.3. The van der Waals surface area contributed by atoms with E-state index in [9.17, 15) is 19.2 Å². The average Bonchev–Trinajstić information content (AvgIpc) is 3.27. The van der Waals surface area contributed by atoms with Crippen LogP contribution in [0.5, 0.6) is 0 Å². The van der Waals surface area contributed by atoms with Crippen LogP contribution in [-0.2, 0) is 45.4 Å². The summed E-state index contributed by atoms with van der Waals surface area (Å²) in [5.41, 5.74) is 3.03. The van der Waals surface area contributed by atoms with Crippen LogP contribution in [0, 0.1) is 0 Å². The van der Waals surface area contributed by atoms with E-state index in [1.54, 1.807) is 35.2 Å². The summed E-state index contributed by atoms with van der Waals surface area (Å²) in [4.78, 5) is 59.7. The van der Waals surface area contributed by atoms with Crippen LogP contribution in [-0.4, -0.2) is 101 Å². The summed E-state index contributed by atoms with van der Waals surface area (Å²) in [6, 6.07) is 3.50. The van der Waals surface area contributed by atoms with Crippen molar-refractivity contribution in [1.82, 2.24) is 35.2 Å². The van der Waals surface area contributed by atoms with Crippen LogP contribution in [0.4, 0.5) is 0 Å². The van der Waals surface area contributed by atoms with Crippen LogP contribution >= 0.6 is 0 Å². The standard InChI is InChI=1S/C28H39N7O5/c1-33-23-9-8-21-17-22(23)27(32-33)28(39)30-11-5-13-34(26(38)16-20-6-3-10-29-18-20)12-4-7-25(37)35(14-15-40-2)19-24(36)31-21/h3,6,10,18,21H,4-5,7-9,11-17,19H2,1-2H3,(H,30,39)(H,31,36). The van der Waals surface area contributed by atoms with Crippen molar-refractivity contribution in [2.75, 3.05) is 46.4 Å². The molecule has 1 aliphatic heterocycles. The van der Waals surface area contributed by atoms with Gasteiger partial charge in [-0.15, -0.1) is 0 Å². The Morgan fingerprint density at radius 3 is 2.77 bits per heavy atom. The van der Waals surface area contributed by atoms with E-state index in [1.807, 2.05) is 13.1 Å². The number of nitrogens with one attached hydrogen (secondary N) is 2. The number of ether oxygens (including phenoxy) is 1. The Labute approximate surface area is 234 Å². The molecule has 1 atom stereocenters. The van der Waals surface area contributed by atoms with Gasteiger partial charge < -0.3 is 25.2 Å². The third-order valence-electron chi connectivity index (χ3n) is 7.43. The lowest BCUT2D eigenvalue weighted by molar-refractivity contribution is -0.137. The molecule has 3 heterocycles. The third-order valence-corrected chi connectivity index (χ3v) is 7.43. The highest BCUT2D eigenvalue weighted by Crippen LogP contribution is 2.24. The molecule has 1 aliphatic carbocycles. The first-order chi connectivity index (χ1) is 19.4. The zero-order valence-corrected chi connectivity index (χ0v) is 23.4. The molecule has 0 fully saturated rings. The lowest BCUT2D eigenvalue weighted by Gasteiger charge is -2.27. The molecule has 12 nitrogen and oxygen atoms in total. The number of fused-ring (bicyclic) bond motifs is 1. The minimum absolute atomic E-state index is 0.0679. The second-order valence-corrected chi connectivity index (χ2v) is 10.3. The first-order valence-electron chi connectivity index (χ1n) is 13.9. The molecule has 1 unspecified atom stereocenters. The van der Waals surface area contributed by atoms with Crippen molar-refractivity contribution >= 4 is 23.6 Å². The largest absolute Gasteiger partial charge is 0.383 e. The molecule has 2 aromatic rings. The number of carbonyl (C=O) groups is 4. The molecule has 0 saturated carbocycles. The highest BCUT2D eigenvalue weighted by Gasteiger charge is 2.30. The van der Waals surface area contributed by atoms with Gasteiger partial charge in [0.2, 0.25) is 17.7 Å². The van der Waals surface area contributed by atoms with Crippen LogP contribution < -0.4 is 10.6 Å². The summed E-state index contributed by atoms with van der Waals surface area (Å²) in [6.07, 6.45) is 6.68. The second kappa shape index (κ2) is 14.0. The van der Waals surface area contributed by atoms with Gasteiger partial charge in [-0.05, 0) is 43.7 Å². The number of methoxy groups -OCH3 is 1. The summed E-state index contributed by atoms with van der Waals surface area (Å²) in [6.45, 7) is 1.74. The average molecular weight is 554 g/mol. The highest BCUT2D eigenvalue weighted by molar-refractivity contribution is 5.94. The van der Waals surface area contributed by atoms with Crippen molar-refractivity contribution < 1.29 is 23.9 Å². The molecule has 12 heteroatoms. The van der Waals surface area contributed by atoms with Gasteiger partial charge in [0.15, 0.2) is 5.69 Å². The van der Waals surface area contributed by atoms with Crippen molar-refractivity contribution in [3.8, 4) is 0 Å². The number of nitrogens with zero attached hydrogens (tertiary/aromatic N) is 5. The van der Waals surface area contributed by atoms with Gasteiger partial charge in [-0.2, -0.15) is 5.10 Å². The Balaban J connectivity index is 1.52. The minimum atomic E-state index is -0.255. The lowest BCUT2D eigenvalue weighted by atomic mass is 9.91. The Morgan fingerprint density at radius 1 is 1.18 bits per heavy atom. The summed E-state index contributed by atoms with van der Waals surface area (Å²) < 4.78 is 6.91. The molecule has 2 N–H and O–H groups in total. The van der Waals surface area contributed by atoms with Crippen LogP contribution in [0.2, 0.25) is 0 Å².